The molecule has 0 aromatic carbocycles. The number of hydrazine groups is 1. The minimum Gasteiger partial charge on any atom is -0.264 e. The van der Waals surface area contributed by atoms with Crippen molar-refractivity contribution in [2.24, 2.45) is 15.8 Å². The molecule has 1 aliphatic heterocycles. The quantitative estimate of drug-likeness (QED) is 0.701. The highest BCUT2D eigenvalue weighted by molar-refractivity contribution is 7.99. The second kappa shape index (κ2) is 4.62. The molecule has 1 atom stereocenters. The fourth-order valence-corrected chi connectivity index (χ4v) is 1.73. The SMILES string of the molecule is CCC1=NC(SC)N(N)C(CC)=N1. The van der Waals surface area contributed by atoms with E-state index in [0.717, 1.165) is 24.5 Å². The summed E-state index contributed by atoms with van der Waals surface area (Å²) in [7, 11) is 0. The van der Waals surface area contributed by atoms with Crippen LogP contribution in [0.3, 0.4) is 0 Å². The normalized spacial score (nSPS) is 22.8. The lowest BCUT2D eigenvalue weighted by molar-refractivity contribution is 0.409. The van der Waals surface area contributed by atoms with Crippen molar-refractivity contribution in [1.29, 1.82) is 0 Å². The van der Waals surface area contributed by atoms with E-state index in [1.807, 2.05) is 6.26 Å². The van der Waals surface area contributed by atoms with Crippen LogP contribution in [0.4, 0.5) is 0 Å². The van der Waals surface area contributed by atoms with Gasteiger partial charge in [0.1, 0.15) is 11.7 Å². The Kier molecular flexibility index (Phi) is 3.74. The van der Waals surface area contributed by atoms with Gasteiger partial charge in [-0.2, -0.15) is 0 Å². The molecule has 0 aliphatic carbocycles. The second-order valence-corrected chi connectivity index (χ2v) is 3.64. The van der Waals surface area contributed by atoms with E-state index in [-0.39, 0.29) is 5.50 Å². The van der Waals surface area contributed by atoms with Gasteiger partial charge in [-0.1, -0.05) is 13.8 Å². The molecule has 0 saturated carbocycles. The van der Waals surface area contributed by atoms with Crippen LogP contribution in [-0.2, 0) is 0 Å². The first kappa shape index (κ1) is 10.5. The summed E-state index contributed by atoms with van der Waals surface area (Å²) >= 11 is 1.62. The lowest BCUT2D eigenvalue weighted by atomic mass is 10.3. The zero-order valence-corrected chi connectivity index (χ0v) is 9.14. The van der Waals surface area contributed by atoms with E-state index in [2.05, 4.69) is 23.8 Å². The van der Waals surface area contributed by atoms with Gasteiger partial charge in [0.25, 0.3) is 0 Å². The van der Waals surface area contributed by atoms with Gasteiger partial charge in [-0.25, -0.2) is 15.8 Å². The van der Waals surface area contributed by atoms with Crippen molar-refractivity contribution in [3.05, 3.63) is 0 Å². The van der Waals surface area contributed by atoms with Gasteiger partial charge in [0, 0.05) is 12.8 Å². The number of aliphatic imine (C=N–C) groups is 2. The first-order chi connectivity index (χ1) is 6.22. The summed E-state index contributed by atoms with van der Waals surface area (Å²) in [6.07, 6.45) is 3.72. The van der Waals surface area contributed by atoms with Crippen LogP contribution in [0.15, 0.2) is 9.98 Å². The third kappa shape index (κ3) is 2.22. The number of nitrogens with zero attached hydrogens (tertiary/aromatic N) is 3. The van der Waals surface area contributed by atoms with Crippen LogP contribution in [0, 0.1) is 0 Å². The highest BCUT2D eigenvalue weighted by Crippen LogP contribution is 2.17. The van der Waals surface area contributed by atoms with Crippen molar-refractivity contribution in [3.8, 4) is 0 Å². The van der Waals surface area contributed by atoms with E-state index < -0.39 is 0 Å². The summed E-state index contributed by atoms with van der Waals surface area (Å²) in [4.78, 5) is 8.74. The third-order valence-corrected chi connectivity index (χ3v) is 2.65. The van der Waals surface area contributed by atoms with Gasteiger partial charge in [-0.15, -0.1) is 11.8 Å². The molecule has 0 fully saturated rings. The highest BCUT2D eigenvalue weighted by Gasteiger charge is 2.20. The minimum atomic E-state index is 0.00222. The Bertz CT molecular complexity index is 236. The molecule has 0 spiro atoms. The fraction of sp³-hybridized carbons (Fsp3) is 0.750. The fourth-order valence-electron chi connectivity index (χ4n) is 1.15. The zero-order chi connectivity index (χ0) is 9.84. The van der Waals surface area contributed by atoms with E-state index in [1.165, 1.54) is 0 Å². The Morgan fingerprint density at radius 3 is 2.62 bits per heavy atom. The van der Waals surface area contributed by atoms with E-state index in [4.69, 9.17) is 5.84 Å². The Labute approximate surface area is 83.3 Å². The van der Waals surface area contributed by atoms with Crippen molar-refractivity contribution in [2.45, 2.75) is 32.2 Å². The maximum Gasteiger partial charge on any atom is 0.185 e. The summed E-state index contributed by atoms with van der Waals surface area (Å²) in [5.41, 5.74) is 0.00222. The number of hydrogen-bond donors (Lipinski definition) is 1. The first-order valence-electron chi connectivity index (χ1n) is 4.43. The predicted octanol–water partition coefficient (Wildman–Crippen LogP) is 1.44. The molecule has 74 valence electrons. The highest BCUT2D eigenvalue weighted by atomic mass is 32.2. The van der Waals surface area contributed by atoms with Crippen molar-refractivity contribution < 1.29 is 0 Å². The van der Waals surface area contributed by atoms with Crippen LogP contribution in [0.2, 0.25) is 0 Å². The van der Waals surface area contributed by atoms with Gasteiger partial charge in [0.2, 0.25) is 0 Å². The molecular weight excluding hydrogens is 184 g/mol. The van der Waals surface area contributed by atoms with Gasteiger partial charge in [-0.05, 0) is 6.26 Å². The summed E-state index contributed by atoms with van der Waals surface area (Å²) in [5, 5.41) is 1.64. The van der Waals surface area contributed by atoms with Crippen LogP contribution < -0.4 is 5.84 Å². The number of rotatable bonds is 3. The van der Waals surface area contributed by atoms with Crippen LogP contribution in [0.25, 0.3) is 0 Å². The molecule has 1 unspecified atom stereocenters. The molecule has 1 aliphatic rings. The van der Waals surface area contributed by atoms with Crippen molar-refractivity contribution in [2.75, 3.05) is 6.26 Å². The molecular formula is C8H16N4S. The molecule has 0 aromatic heterocycles. The Morgan fingerprint density at radius 2 is 2.15 bits per heavy atom. The van der Waals surface area contributed by atoms with E-state index in [0.29, 0.717) is 0 Å². The molecule has 5 heteroatoms. The number of hydrogen-bond acceptors (Lipinski definition) is 5. The average molecular weight is 200 g/mol. The molecule has 0 aromatic rings. The topological polar surface area (TPSA) is 54.0 Å². The van der Waals surface area contributed by atoms with Gasteiger partial charge >= 0.3 is 0 Å². The molecule has 4 nitrogen and oxygen atoms in total. The van der Waals surface area contributed by atoms with Crippen molar-refractivity contribution in [1.82, 2.24) is 5.01 Å². The van der Waals surface area contributed by atoms with Crippen LogP contribution >= 0.6 is 11.8 Å². The number of amidine groups is 2. The molecule has 2 N–H and O–H groups in total. The van der Waals surface area contributed by atoms with Gasteiger partial charge in [-0.3, -0.25) is 5.01 Å². The predicted molar refractivity (Wildman–Crippen MR) is 58.8 cm³/mol. The molecule has 0 bridgehead atoms. The average Bonchev–Trinajstić information content (AvgIpc) is 2.18. The summed E-state index contributed by atoms with van der Waals surface area (Å²) in [5.74, 6) is 7.66. The standard InChI is InChI=1S/C8H16N4S/c1-4-6-10-7(5-2)12(9)8(11-6)13-3/h8H,4-5,9H2,1-3H3. The lowest BCUT2D eigenvalue weighted by Crippen LogP contribution is -2.45. The van der Waals surface area contributed by atoms with Crippen molar-refractivity contribution >= 4 is 23.4 Å². The number of thioether (sulfide) groups is 1. The minimum absolute atomic E-state index is 0.00222. The third-order valence-electron chi connectivity index (χ3n) is 1.90. The molecule has 13 heavy (non-hydrogen) atoms. The summed E-state index contributed by atoms with van der Waals surface area (Å²) < 4.78 is 0. The van der Waals surface area contributed by atoms with Crippen molar-refractivity contribution in [3.63, 3.8) is 0 Å². The Morgan fingerprint density at radius 1 is 1.46 bits per heavy atom. The van der Waals surface area contributed by atoms with Gasteiger partial charge in [0.15, 0.2) is 5.50 Å². The summed E-state index contributed by atoms with van der Waals surface area (Å²) in [6.45, 7) is 4.11. The van der Waals surface area contributed by atoms with E-state index >= 15 is 0 Å². The Balaban J connectivity index is 2.85. The van der Waals surface area contributed by atoms with E-state index in [9.17, 15) is 0 Å². The molecule has 0 amide bonds. The number of nitrogens with two attached hydrogens (primary N) is 1. The van der Waals surface area contributed by atoms with E-state index in [1.54, 1.807) is 16.8 Å². The van der Waals surface area contributed by atoms with Crippen LogP contribution in [-0.4, -0.2) is 28.4 Å². The van der Waals surface area contributed by atoms with Gasteiger partial charge < -0.3 is 0 Å². The summed E-state index contributed by atoms with van der Waals surface area (Å²) in [6, 6.07) is 0. The largest absolute Gasteiger partial charge is 0.264 e. The van der Waals surface area contributed by atoms with Gasteiger partial charge in [0.05, 0.1) is 0 Å². The molecule has 0 radical (unpaired) electrons. The lowest BCUT2D eigenvalue weighted by Gasteiger charge is -2.29. The van der Waals surface area contributed by atoms with Crippen LogP contribution in [0.5, 0.6) is 0 Å². The Hall–Kier alpha value is -0.550. The first-order valence-corrected chi connectivity index (χ1v) is 5.72. The molecule has 1 rings (SSSR count). The maximum atomic E-state index is 5.84. The zero-order valence-electron chi connectivity index (χ0n) is 8.32. The second-order valence-electron chi connectivity index (χ2n) is 2.75. The maximum absolute atomic E-state index is 5.84. The molecule has 0 saturated heterocycles. The monoisotopic (exact) mass is 200 g/mol. The smallest absolute Gasteiger partial charge is 0.185 e. The molecule has 1 heterocycles. The van der Waals surface area contributed by atoms with Crippen LogP contribution in [0.1, 0.15) is 26.7 Å².